The van der Waals surface area contributed by atoms with Gasteiger partial charge >= 0.3 is 0 Å². The van der Waals surface area contributed by atoms with Gasteiger partial charge in [0.25, 0.3) is 5.91 Å². The number of aryl methyl sites for hydroxylation is 1. The Labute approximate surface area is 107 Å². The van der Waals surface area contributed by atoms with Crippen LogP contribution in [0.15, 0.2) is 29.0 Å². The number of aromatic amines is 1. The lowest BCUT2D eigenvalue weighted by atomic mass is 10.1. The number of rotatable bonds is 3. The van der Waals surface area contributed by atoms with Crippen LogP contribution in [0.2, 0.25) is 0 Å². The number of H-pyrrole nitrogens is 1. The van der Waals surface area contributed by atoms with Crippen LogP contribution in [-0.4, -0.2) is 21.1 Å². The third-order valence-electron chi connectivity index (χ3n) is 2.25. The highest BCUT2D eigenvalue weighted by Crippen LogP contribution is 2.17. The Kier molecular flexibility index (Phi) is 3.53. The molecule has 1 aromatic heterocycles. The Hall–Kier alpha value is -1.69. The molecule has 0 bridgehead atoms. The molecule has 0 atom stereocenters. The number of hydrogen-bond donors (Lipinski definition) is 2. The maximum atomic E-state index is 11.9. The fourth-order valence-corrected chi connectivity index (χ4v) is 1.82. The van der Waals surface area contributed by atoms with E-state index in [9.17, 15) is 4.79 Å². The summed E-state index contributed by atoms with van der Waals surface area (Å²) in [6, 6.07) is 5.63. The van der Waals surface area contributed by atoms with Crippen LogP contribution in [0.4, 0.5) is 0 Å². The van der Waals surface area contributed by atoms with E-state index in [-0.39, 0.29) is 5.91 Å². The molecule has 5 nitrogen and oxygen atoms in total. The molecule has 1 aromatic carbocycles. The van der Waals surface area contributed by atoms with Gasteiger partial charge in [0, 0.05) is 4.47 Å². The molecule has 1 amide bonds. The van der Waals surface area contributed by atoms with Crippen molar-refractivity contribution in [2.45, 2.75) is 13.5 Å². The molecule has 6 heteroatoms. The topological polar surface area (TPSA) is 70.7 Å². The van der Waals surface area contributed by atoms with Crippen molar-refractivity contribution in [2.75, 3.05) is 0 Å². The molecule has 0 saturated heterocycles. The smallest absolute Gasteiger partial charge is 0.252 e. The van der Waals surface area contributed by atoms with Crippen molar-refractivity contribution in [3.8, 4) is 0 Å². The zero-order valence-electron chi connectivity index (χ0n) is 9.20. The lowest BCUT2D eigenvalue weighted by molar-refractivity contribution is 0.0949. The molecule has 0 fully saturated rings. The Bertz CT molecular complexity index is 524. The van der Waals surface area contributed by atoms with Crippen molar-refractivity contribution in [1.29, 1.82) is 0 Å². The van der Waals surface area contributed by atoms with Gasteiger partial charge in [-0.25, -0.2) is 4.98 Å². The summed E-state index contributed by atoms with van der Waals surface area (Å²) >= 11 is 3.35. The van der Waals surface area contributed by atoms with Crippen molar-refractivity contribution in [1.82, 2.24) is 20.5 Å². The number of carbonyl (C=O) groups is 1. The van der Waals surface area contributed by atoms with Crippen LogP contribution in [0, 0.1) is 6.92 Å². The van der Waals surface area contributed by atoms with Gasteiger partial charge in [-0.05, 0) is 35.0 Å². The summed E-state index contributed by atoms with van der Waals surface area (Å²) < 4.78 is 0.776. The van der Waals surface area contributed by atoms with E-state index in [1.165, 1.54) is 6.33 Å². The molecular formula is C11H11BrN4O. The number of amides is 1. The van der Waals surface area contributed by atoms with Crippen LogP contribution < -0.4 is 5.32 Å². The molecule has 88 valence electrons. The average molecular weight is 295 g/mol. The van der Waals surface area contributed by atoms with E-state index < -0.39 is 0 Å². The summed E-state index contributed by atoms with van der Waals surface area (Å²) in [5.74, 6) is 0.485. The van der Waals surface area contributed by atoms with Crippen LogP contribution in [0.1, 0.15) is 21.7 Å². The highest BCUT2D eigenvalue weighted by molar-refractivity contribution is 9.10. The van der Waals surface area contributed by atoms with E-state index >= 15 is 0 Å². The van der Waals surface area contributed by atoms with E-state index in [2.05, 4.69) is 36.4 Å². The van der Waals surface area contributed by atoms with Gasteiger partial charge in [-0.15, -0.1) is 0 Å². The molecule has 0 unspecified atom stereocenters. The number of aromatic nitrogens is 3. The van der Waals surface area contributed by atoms with Crippen molar-refractivity contribution < 1.29 is 4.79 Å². The van der Waals surface area contributed by atoms with Gasteiger partial charge < -0.3 is 5.32 Å². The predicted molar refractivity (Wildman–Crippen MR) is 66.4 cm³/mol. The summed E-state index contributed by atoms with van der Waals surface area (Å²) in [5, 5.41) is 9.16. The second-order valence-corrected chi connectivity index (χ2v) is 4.45. The van der Waals surface area contributed by atoms with Crippen LogP contribution >= 0.6 is 15.9 Å². The highest BCUT2D eigenvalue weighted by Gasteiger charge is 2.10. The molecule has 0 saturated carbocycles. The van der Waals surface area contributed by atoms with Gasteiger partial charge in [-0.1, -0.05) is 11.6 Å². The molecule has 0 radical (unpaired) electrons. The number of benzene rings is 1. The Balaban J connectivity index is 2.07. The zero-order chi connectivity index (χ0) is 12.3. The molecule has 0 aliphatic carbocycles. The van der Waals surface area contributed by atoms with Crippen molar-refractivity contribution in [3.05, 3.63) is 46.0 Å². The molecule has 2 rings (SSSR count). The maximum Gasteiger partial charge on any atom is 0.252 e. The monoisotopic (exact) mass is 294 g/mol. The second-order valence-electron chi connectivity index (χ2n) is 3.60. The van der Waals surface area contributed by atoms with Crippen LogP contribution in [0.25, 0.3) is 0 Å². The van der Waals surface area contributed by atoms with E-state index in [1.807, 2.05) is 25.1 Å². The summed E-state index contributed by atoms with van der Waals surface area (Å²) in [6.45, 7) is 2.28. The molecule has 0 aliphatic rings. The zero-order valence-corrected chi connectivity index (χ0v) is 10.8. The quantitative estimate of drug-likeness (QED) is 0.907. The van der Waals surface area contributed by atoms with E-state index in [0.717, 1.165) is 10.0 Å². The summed E-state index contributed by atoms with van der Waals surface area (Å²) in [7, 11) is 0. The maximum absolute atomic E-state index is 11.9. The van der Waals surface area contributed by atoms with Crippen molar-refractivity contribution in [2.24, 2.45) is 0 Å². The summed E-state index contributed by atoms with van der Waals surface area (Å²) in [5.41, 5.74) is 1.66. The second kappa shape index (κ2) is 5.09. The standard InChI is InChI=1S/C11H11BrN4O/c1-7-2-3-9(12)8(4-7)11(17)13-5-10-14-6-15-16-10/h2-4,6H,5H2,1H3,(H,13,17)(H,14,15,16). The highest BCUT2D eigenvalue weighted by atomic mass is 79.9. The lowest BCUT2D eigenvalue weighted by Gasteiger charge is -2.06. The van der Waals surface area contributed by atoms with Crippen molar-refractivity contribution in [3.63, 3.8) is 0 Å². The van der Waals surface area contributed by atoms with E-state index in [4.69, 9.17) is 0 Å². The first-order chi connectivity index (χ1) is 8.16. The van der Waals surface area contributed by atoms with Gasteiger partial charge in [0.1, 0.15) is 12.2 Å². The molecule has 17 heavy (non-hydrogen) atoms. The first-order valence-corrected chi connectivity index (χ1v) is 5.84. The van der Waals surface area contributed by atoms with Crippen LogP contribution in [0.5, 0.6) is 0 Å². The SMILES string of the molecule is Cc1ccc(Br)c(C(=O)NCc2ncn[nH]2)c1. The fraction of sp³-hybridized carbons (Fsp3) is 0.182. The number of nitrogens with one attached hydrogen (secondary N) is 2. The molecule has 2 N–H and O–H groups in total. The average Bonchev–Trinajstić information content (AvgIpc) is 2.82. The number of hydrogen-bond acceptors (Lipinski definition) is 3. The predicted octanol–water partition coefficient (Wildman–Crippen LogP) is 1.81. The van der Waals surface area contributed by atoms with E-state index in [0.29, 0.717) is 17.9 Å². The van der Waals surface area contributed by atoms with Gasteiger partial charge in [-0.2, -0.15) is 5.10 Å². The molecule has 1 heterocycles. The third-order valence-corrected chi connectivity index (χ3v) is 2.94. The first-order valence-electron chi connectivity index (χ1n) is 5.05. The first kappa shape index (κ1) is 11.8. The fourth-order valence-electron chi connectivity index (χ4n) is 1.39. The van der Waals surface area contributed by atoms with Gasteiger partial charge in [0.2, 0.25) is 0 Å². The third kappa shape index (κ3) is 2.91. The number of carbonyl (C=O) groups excluding carboxylic acids is 1. The molecular weight excluding hydrogens is 284 g/mol. The Morgan fingerprint density at radius 1 is 1.53 bits per heavy atom. The minimum atomic E-state index is -0.142. The van der Waals surface area contributed by atoms with Gasteiger partial charge in [-0.3, -0.25) is 9.89 Å². The number of nitrogens with zero attached hydrogens (tertiary/aromatic N) is 2. The summed E-state index contributed by atoms with van der Waals surface area (Å²) in [6.07, 6.45) is 1.41. The minimum Gasteiger partial charge on any atom is -0.345 e. The molecule has 0 aliphatic heterocycles. The summed E-state index contributed by atoms with van der Waals surface area (Å²) in [4.78, 5) is 15.8. The molecule has 0 spiro atoms. The minimum absolute atomic E-state index is 0.142. The van der Waals surface area contributed by atoms with Crippen molar-refractivity contribution >= 4 is 21.8 Å². The van der Waals surface area contributed by atoms with Gasteiger partial charge in [0.15, 0.2) is 0 Å². The van der Waals surface area contributed by atoms with Crippen LogP contribution in [0.3, 0.4) is 0 Å². The Morgan fingerprint density at radius 3 is 3.06 bits per heavy atom. The largest absolute Gasteiger partial charge is 0.345 e. The van der Waals surface area contributed by atoms with Crippen LogP contribution in [-0.2, 0) is 6.54 Å². The van der Waals surface area contributed by atoms with E-state index in [1.54, 1.807) is 0 Å². The lowest BCUT2D eigenvalue weighted by Crippen LogP contribution is -2.23. The molecule has 2 aromatic rings. The normalized spacial score (nSPS) is 10.2. The number of halogens is 1. The Morgan fingerprint density at radius 2 is 2.35 bits per heavy atom. The van der Waals surface area contributed by atoms with Gasteiger partial charge in [0.05, 0.1) is 12.1 Å².